The van der Waals surface area contributed by atoms with Gasteiger partial charge in [0.2, 0.25) is 11.8 Å². The topological polar surface area (TPSA) is 140 Å². The lowest BCUT2D eigenvalue weighted by Crippen LogP contribution is -2.42. The number of thiophene rings is 1. The lowest BCUT2D eigenvalue weighted by molar-refractivity contribution is -0.385. The lowest BCUT2D eigenvalue weighted by atomic mass is 10.1. The van der Waals surface area contributed by atoms with Gasteiger partial charge in [-0.3, -0.25) is 29.4 Å². The second-order valence-corrected chi connectivity index (χ2v) is 7.89. The molecule has 0 unspecified atom stereocenters. The second-order valence-electron chi connectivity index (χ2n) is 6.95. The number of imide groups is 1. The normalized spacial score (nSPS) is 12.8. The first-order valence-electron chi connectivity index (χ1n) is 9.68. The maximum absolute atomic E-state index is 12.9. The van der Waals surface area contributed by atoms with Gasteiger partial charge in [0.15, 0.2) is 0 Å². The summed E-state index contributed by atoms with van der Waals surface area (Å²) in [7, 11) is 0. The minimum Gasteiger partial charge on any atom is -0.418 e. The summed E-state index contributed by atoms with van der Waals surface area (Å²) in [5.41, 5.74) is -0.848. The largest absolute Gasteiger partial charge is 0.418 e. The molecule has 0 fully saturated rings. The second kappa shape index (κ2) is 8.67. The van der Waals surface area contributed by atoms with Crippen LogP contribution in [0.25, 0.3) is 10.8 Å². The number of hydrogen-bond donors (Lipinski definition) is 0. The molecule has 11 nitrogen and oxygen atoms in total. The average Bonchev–Trinajstić information content (AvgIpc) is 3.51. The summed E-state index contributed by atoms with van der Waals surface area (Å²) in [6.45, 7) is 1.67. The third-order valence-corrected chi connectivity index (χ3v) is 5.70. The Kier molecular flexibility index (Phi) is 5.77. The smallest absolute Gasteiger partial charge is 0.282 e. The molecule has 32 heavy (non-hydrogen) atoms. The predicted molar refractivity (Wildman–Crippen MR) is 112 cm³/mol. The molecule has 3 heterocycles. The highest BCUT2D eigenvalue weighted by Crippen LogP contribution is 2.30. The molecular formula is C20H17N5O6S. The number of nitro groups is 1. The Hall–Kier alpha value is -3.93. The summed E-state index contributed by atoms with van der Waals surface area (Å²) in [6, 6.07) is 7.50. The van der Waals surface area contributed by atoms with E-state index in [1.54, 1.807) is 0 Å². The third kappa shape index (κ3) is 3.87. The van der Waals surface area contributed by atoms with E-state index in [2.05, 4.69) is 10.2 Å². The van der Waals surface area contributed by atoms with Crippen molar-refractivity contribution in [3.05, 3.63) is 62.8 Å². The monoisotopic (exact) mass is 455 g/mol. The first-order chi connectivity index (χ1) is 15.4. The van der Waals surface area contributed by atoms with Gasteiger partial charge in [-0.15, -0.1) is 21.5 Å². The zero-order valence-corrected chi connectivity index (χ0v) is 17.7. The SMILES string of the molecule is CCCN(Cc1nnc(-c2cccs2)o1)C(=O)CN1C(=O)c2cccc([N+](=O)[O-])c2C1=O. The molecule has 3 aromatic rings. The zero-order chi connectivity index (χ0) is 22.8. The van der Waals surface area contributed by atoms with Crippen LogP contribution in [0.15, 0.2) is 40.1 Å². The van der Waals surface area contributed by atoms with Gasteiger partial charge in [-0.1, -0.05) is 19.1 Å². The molecule has 3 amide bonds. The fourth-order valence-electron chi connectivity index (χ4n) is 3.39. The number of fused-ring (bicyclic) bond motifs is 1. The van der Waals surface area contributed by atoms with Crippen LogP contribution in [0.1, 0.15) is 40.0 Å². The lowest BCUT2D eigenvalue weighted by Gasteiger charge is -2.23. The minimum atomic E-state index is -0.861. The van der Waals surface area contributed by atoms with Crippen LogP contribution in [0.5, 0.6) is 0 Å². The number of nitrogens with zero attached hydrogens (tertiary/aromatic N) is 5. The summed E-state index contributed by atoms with van der Waals surface area (Å²) in [5, 5.41) is 21.1. The van der Waals surface area contributed by atoms with Crippen molar-refractivity contribution < 1.29 is 23.7 Å². The molecule has 4 rings (SSSR count). The van der Waals surface area contributed by atoms with E-state index in [4.69, 9.17) is 4.42 Å². The summed E-state index contributed by atoms with van der Waals surface area (Å²) in [6.07, 6.45) is 0.616. The zero-order valence-electron chi connectivity index (χ0n) is 16.9. The molecule has 0 aliphatic carbocycles. The molecule has 0 radical (unpaired) electrons. The van der Waals surface area contributed by atoms with Crippen molar-refractivity contribution in [3.63, 3.8) is 0 Å². The Bertz CT molecular complexity index is 1210. The number of carbonyl (C=O) groups is 3. The Morgan fingerprint density at radius 3 is 2.72 bits per heavy atom. The number of benzene rings is 1. The van der Waals surface area contributed by atoms with Crippen molar-refractivity contribution in [1.82, 2.24) is 20.0 Å². The van der Waals surface area contributed by atoms with Crippen LogP contribution in [-0.4, -0.2) is 55.7 Å². The van der Waals surface area contributed by atoms with Gasteiger partial charge in [0, 0.05) is 12.6 Å². The molecule has 0 spiro atoms. The molecule has 0 N–H and O–H groups in total. The van der Waals surface area contributed by atoms with Gasteiger partial charge in [0.1, 0.15) is 12.1 Å². The quantitative estimate of drug-likeness (QED) is 0.287. The van der Waals surface area contributed by atoms with Crippen LogP contribution >= 0.6 is 11.3 Å². The Morgan fingerprint density at radius 1 is 1.22 bits per heavy atom. The van der Waals surface area contributed by atoms with Crippen LogP contribution in [0, 0.1) is 10.1 Å². The summed E-state index contributed by atoms with van der Waals surface area (Å²) >= 11 is 1.44. The Morgan fingerprint density at radius 2 is 2.03 bits per heavy atom. The molecular weight excluding hydrogens is 438 g/mol. The van der Waals surface area contributed by atoms with Crippen molar-refractivity contribution in [2.45, 2.75) is 19.9 Å². The summed E-state index contributed by atoms with van der Waals surface area (Å²) < 4.78 is 5.63. The molecule has 0 atom stereocenters. The van der Waals surface area contributed by atoms with Crippen LogP contribution in [0.3, 0.4) is 0 Å². The van der Waals surface area contributed by atoms with Gasteiger partial charge in [-0.25, -0.2) is 0 Å². The highest BCUT2D eigenvalue weighted by molar-refractivity contribution is 7.13. The molecule has 164 valence electrons. The first kappa shape index (κ1) is 21.3. The fourth-order valence-corrected chi connectivity index (χ4v) is 4.03. The first-order valence-corrected chi connectivity index (χ1v) is 10.6. The number of amides is 3. The minimum absolute atomic E-state index is 0.00830. The van der Waals surface area contributed by atoms with E-state index < -0.39 is 34.9 Å². The van der Waals surface area contributed by atoms with Crippen molar-refractivity contribution in [3.8, 4) is 10.8 Å². The summed E-state index contributed by atoms with van der Waals surface area (Å²) in [5.74, 6) is -1.56. The molecule has 1 aliphatic heterocycles. The van der Waals surface area contributed by atoms with E-state index in [1.165, 1.54) is 28.4 Å². The van der Waals surface area contributed by atoms with E-state index in [9.17, 15) is 24.5 Å². The molecule has 0 bridgehead atoms. The molecule has 0 saturated heterocycles. The average molecular weight is 455 g/mol. The van der Waals surface area contributed by atoms with Crippen LogP contribution in [0.4, 0.5) is 5.69 Å². The van der Waals surface area contributed by atoms with Crippen molar-refractivity contribution in [2.24, 2.45) is 0 Å². The number of carbonyl (C=O) groups excluding carboxylic acids is 3. The highest BCUT2D eigenvalue weighted by atomic mass is 32.1. The van der Waals surface area contributed by atoms with Gasteiger partial charge in [0.25, 0.3) is 23.4 Å². The molecule has 12 heteroatoms. The van der Waals surface area contributed by atoms with E-state index in [0.29, 0.717) is 18.9 Å². The van der Waals surface area contributed by atoms with Crippen LogP contribution in [0.2, 0.25) is 0 Å². The van der Waals surface area contributed by atoms with Gasteiger partial charge in [-0.05, 0) is 23.9 Å². The molecule has 0 saturated carbocycles. The number of hydrogen-bond acceptors (Lipinski definition) is 9. The number of nitro benzene ring substituents is 1. The standard InChI is InChI=1S/C20H17N5O6S/c1-2-8-23(10-15-21-22-18(31-15)14-7-4-9-32-14)16(26)11-24-19(27)12-5-3-6-13(25(29)30)17(12)20(24)28/h3-7,9H,2,8,10-11H2,1H3. The molecule has 2 aromatic heterocycles. The number of aromatic nitrogens is 2. The fraction of sp³-hybridized carbons (Fsp3) is 0.250. The maximum Gasteiger partial charge on any atom is 0.282 e. The highest BCUT2D eigenvalue weighted by Gasteiger charge is 2.42. The molecule has 1 aromatic carbocycles. The summed E-state index contributed by atoms with van der Waals surface area (Å²) in [4.78, 5) is 51.8. The molecule has 1 aliphatic rings. The van der Waals surface area contributed by atoms with E-state index in [-0.39, 0.29) is 23.6 Å². The van der Waals surface area contributed by atoms with Crippen LogP contribution in [-0.2, 0) is 11.3 Å². The third-order valence-electron chi connectivity index (χ3n) is 4.84. The Balaban J connectivity index is 1.51. The van der Waals surface area contributed by atoms with Gasteiger partial charge >= 0.3 is 0 Å². The van der Waals surface area contributed by atoms with Crippen molar-refractivity contribution >= 4 is 34.7 Å². The van der Waals surface area contributed by atoms with E-state index >= 15 is 0 Å². The van der Waals surface area contributed by atoms with Gasteiger partial charge < -0.3 is 9.32 Å². The maximum atomic E-state index is 12.9. The van der Waals surface area contributed by atoms with Gasteiger partial charge in [-0.2, -0.15) is 0 Å². The van der Waals surface area contributed by atoms with Crippen molar-refractivity contribution in [1.29, 1.82) is 0 Å². The predicted octanol–water partition coefficient (Wildman–Crippen LogP) is 2.74. The van der Waals surface area contributed by atoms with E-state index in [0.717, 1.165) is 15.8 Å². The van der Waals surface area contributed by atoms with Gasteiger partial charge in [0.05, 0.1) is 21.9 Å². The van der Waals surface area contributed by atoms with E-state index in [1.807, 2.05) is 24.4 Å². The van der Waals surface area contributed by atoms with Crippen LogP contribution < -0.4 is 0 Å². The number of rotatable bonds is 8. The van der Waals surface area contributed by atoms with Crippen molar-refractivity contribution in [2.75, 3.05) is 13.1 Å². The Labute approximate surface area is 185 Å².